The van der Waals surface area contributed by atoms with E-state index in [-0.39, 0.29) is 25.3 Å². The SMILES string of the molecule is CCC(=O)N1C[C@H](O)C[C@H]1C(=O)[O-]. The van der Waals surface area contributed by atoms with Crippen LogP contribution >= 0.6 is 0 Å². The Bertz CT molecular complexity index is 228. The lowest BCUT2D eigenvalue weighted by Gasteiger charge is -2.24. The van der Waals surface area contributed by atoms with Crippen molar-refractivity contribution < 1.29 is 19.8 Å². The van der Waals surface area contributed by atoms with Gasteiger partial charge in [-0.3, -0.25) is 4.79 Å². The molecule has 0 unspecified atom stereocenters. The highest BCUT2D eigenvalue weighted by Gasteiger charge is 2.34. The number of carbonyl (C=O) groups is 2. The molecule has 0 bridgehead atoms. The fourth-order valence-corrected chi connectivity index (χ4v) is 1.52. The highest BCUT2D eigenvalue weighted by molar-refractivity contribution is 5.83. The second-order valence-corrected chi connectivity index (χ2v) is 3.12. The molecule has 0 radical (unpaired) electrons. The van der Waals surface area contributed by atoms with Crippen LogP contribution in [-0.4, -0.2) is 40.6 Å². The van der Waals surface area contributed by atoms with Gasteiger partial charge < -0.3 is 19.9 Å². The van der Waals surface area contributed by atoms with Crippen LogP contribution in [0.1, 0.15) is 19.8 Å². The molecule has 0 aliphatic carbocycles. The van der Waals surface area contributed by atoms with Gasteiger partial charge in [0, 0.05) is 19.4 Å². The van der Waals surface area contributed by atoms with Gasteiger partial charge in [0.2, 0.25) is 5.91 Å². The molecule has 2 atom stereocenters. The summed E-state index contributed by atoms with van der Waals surface area (Å²) in [6.07, 6.45) is -0.414. The van der Waals surface area contributed by atoms with Gasteiger partial charge in [0.15, 0.2) is 0 Å². The van der Waals surface area contributed by atoms with E-state index in [0.29, 0.717) is 0 Å². The first kappa shape index (κ1) is 9.98. The number of amides is 1. The van der Waals surface area contributed by atoms with Crippen molar-refractivity contribution in [1.82, 2.24) is 4.90 Å². The van der Waals surface area contributed by atoms with Crippen molar-refractivity contribution in [2.75, 3.05) is 6.54 Å². The highest BCUT2D eigenvalue weighted by atomic mass is 16.4. The van der Waals surface area contributed by atoms with Crippen LogP contribution in [0.4, 0.5) is 0 Å². The third-order valence-corrected chi connectivity index (χ3v) is 2.17. The number of rotatable bonds is 2. The summed E-state index contributed by atoms with van der Waals surface area (Å²) in [5.41, 5.74) is 0. The zero-order chi connectivity index (χ0) is 10.0. The third-order valence-electron chi connectivity index (χ3n) is 2.17. The number of hydrogen-bond donors (Lipinski definition) is 1. The fourth-order valence-electron chi connectivity index (χ4n) is 1.52. The molecule has 1 aliphatic heterocycles. The van der Waals surface area contributed by atoms with Crippen LogP contribution in [-0.2, 0) is 9.59 Å². The molecule has 1 fully saturated rings. The molecule has 1 saturated heterocycles. The number of carboxylic acids is 1. The minimum absolute atomic E-state index is 0.0775. The monoisotopic (exact) mass is 186 g/mol. The van der Waals surface area contributed by atoms with Gasteiger partial charge in [0.25, 0.3) is 0 Å². The minimum Gasteiger partial charge on any atom is -0.548 e. The van der Waals surface area contributed by atoms with E-state index < -0.39 is 18.1 Å². The number of aliphatic carboxylic acids is 1. The Hall–Kier alpha value is -1.10. The first-order valence-corrected chi connectivity index (χ1v) is 4.24. The Morgan fingerprint density at radius 1 is 1.62 bits per heavy atom. The quantitative estimate of drug-likeness (QED) is 0.546. The van der Waals surface area contributed by atoms with E-state index in [1.54, 1.807) is 6.92 Å². The molecule has 0 spiro atoms. The van der Waals surface area contributed by atoms with Gasteiger partial charge in [0.1, 0.15) is 0 Å². The van der Waals surface area contributed by atoms with Crippen LogP contribution in [0.3, 0.4) is 0 Å². The van der Waals surface area contributed by atoms with Crippen molar-refractivity contribution >= 4 is 11.9 Å². The molecule has 1 amide bonds. The van der Waals surface area contributed by atoms with Crippen LogP contribution in [0, 0.1) is 0 Å². The van der Waals surface area contributed by atoms with Gasteiger partial charge in [0.05, 0.1) is 18.1 Å². The molecule has 74 valence electrons. The molecule has 1 heterocycles. The number of carboxylic acid groups (broad SMARTS) is 1. The van der Waals surface area contributed by atoms with E-state index >= 15 is 0 Å². The minimum atomic E-state index is -1.29. The molecule has 0 aromatic heterocycles. The predicted octanol–water partition coefficient (Wildman–Crippen LogP) is -1.89. The van der Waals surface area contributed by atoms with Gasteiger partial charge in [-0.05, 0) is 0 Å². The normalized spacial score (nSPS) is 27.7. The molecule has 13 heavy (non-hydrogen) atoms. The highest BCUT2D eigenvalue weighted by Crippen LogP contribution is 2.18. The second-order valence-electron chi connectivity index (χ2n) is 3.12. The lowest BCUT2D eigenvalue weighted by Crippen LogP contribution is -2.46. The van der Waals surface area contributed by atoms with Gasteiger partial charge in [-0.1, -0.05) is 6.92 Å². The van der Waals surface area contributed by atoms with Crippen molar-refractivity contribution in [2.24, 2.45) is 0 Å². The van der Waals surface area contributed by atoms with Crippen LogP contribution in [0.15, 0.2) is 0 Å². The Kier molecular flexibility index (Phi) is 2.87. The van der Waals surface area contributed by atoms with Crippen molar-refractivity contribution in [3.8, 4) is 0 Å². The van der Waals surface area contributed by atoms with Crippen LogP contribution < -0.4 is 5.11 Å². The summed E-state index contributed by atoms with van der Waals surface area (Å²) in [7, 11) is 0. The van der Waals surface area contributed by atoms with Crippen molar-refractivity contribution in [2.45, 2.75) is 31.9 Å². The van der Waals surface area contributed by atoms with E-state index in [4.69, 9.17) is 0 Å². The summed E-state index contributed by atoms with van der Waals surface area (Å²) < 4.78 is 0. The molecule has 1 aliphatic rings. The van der Waals surface area contributed by atoms with Gasteiger partial charge in [-0.15, -0.1) is 0 Å². The van der Waals surface area contributed by atoms with Crippen molar-refractivity contribution in [3.05, 3.63) is 0 Å². The first-order chi connectivity index (χ1) is 6.06. The van der Waals surface area contributed by atoms with Gasteiger partial charge in [-0.25, -0.2) is 0 Å². The molecule has 1 N–H and O–H groups in total. The summed E-state index contributed by atoms with van der Waals surface area (Å²) in [6, 6.07) is -0.956. The topological polar surface area (TPSA) is 80.7 Å². The van der Waals surface area contributed by atoms with Crippen LogP contribution in [0.2, 0.25) is 0 Å². The number of nitrogens with zero attached hydrogens (tertiary/aromatic N) is 1. The van der Waals surface area contributed by atoms with Gasteiger partial charge >= 0.3 is 0 Å². The Balaban J connectivity index is 2.71. The largest absolute Gasteiger partial charge is 0.548 e. The summed E-state index contributed by atoms with van der Waals surface area (Å²) in [6.45, 7) is 1.75. The maximum Gasteiger partial charge on any atom is 0.222 e. The smallest absolute Gasteiger partial charge is 0.222 e. The Morgan fingerprint density at radius 2 is 2.23 bits per heavy atom. The summed E-state index contributed by atoms with van der Waals surface area (Å²) in [5, 5.41) is 19.7. The van der Waals surface area contributed by atoms with Crippen molar-refractivity contribution in [3.63, 3.8) is 0 Å². The average molecular weight is 186 g/mol. The van der Waals surface area contributed by atoms with E-state index in [1.165, 1.54) is 4.90 Å². The number of aliphatic hydroxyl groups is 1. The fraction of sp³-hybridized carbons (Fsp3) is 0.750. The summed E-state index contributed by atoms with van der Waals surface area (Å²) in [4.78, 5) is 22.9. The number of aliphatic hydroxyl groups excluding tert-OH is 1. The zero-order valence-corrected chi connectivity index (χ0v) is 7.40. The molecule has 5 heteroatoms. The maximum absolute atomic E-state index is 11.2. The van der Waals surface area contributed by atoms with Crippen LogP contribution in [0.25, 0.3) is 0 Å². The van der Waals surface area contributed by atoms with Crippen molar-refractivity contribution in [1.29, 1.82) is 0 Å². The lowest BCUT2D eigenvalue weighted by atomic mass is 10.2. The molecule has 5 nitrogen and oxygen atoms in total. The molecule has 0 aromatic carbocycles. The standard InChI is InChI=1S/C8H13NO4/c1-2-7(11)9-4-5(10)3-6(9)8(12)13/h5-6,10H,2-4H2,1H3,(H,12,13)/p-1/t5-,6+/m1/s1. The zero-order valence-electron chi connectivity index (χ0n) is 7.40. The summed E-state index contributed by atoms with van der Waals surface area (Å²) in [5.74, 6) is -1.55. The predicted molar refractivity (Wildman–Crippen MR) is 41.4 cm³/mol. The Labute approximate surface area is 76.0 Å². The first-order valence-electron chi connectivity index (χ1n) is 4.24. The second kappa shape index (κ2) is 3.74. The molecular formula is C8H12NO4-. The van der Waals surface area contributed by atoms with E-state index in [0.717, 1.165) is 0 Å². The van der Waals surface area contributed by atoms with E-state index in [1.807, 2.05) is 0 Å². The van der Waals surface area contributed by atoms with E-state index in [9.17, 15) is 19.8 Å². The molecule has 0 aromatic rings. The Morgan fingerprint density at radius 3 is 2.69 bits per heavy atom. The van der Waals surface area contributed by atoms with Crippen LogP contribution in [0.5, 0.6) is 0 Å². The summed E-state index contributed by atoms with van der Waals surface area (Å²) >= 11 is 0. The molecule has 1 rings (SSSR count). The average Bonchev–Trinajstić information content (AvgIpc) is 2.46. The van der Waals surface area contributed by atoms with E-state index in [2.05, 4.69) is 0 Å². The number of likely N-dealkylation sites (tertiary alicyclic amines) is 1. The maximum atomic E-state index is 11.2. The van der Waals surface area contributed by atoms with Gasteiger partial charge in [-0.2, -0.15) is 0 Å². The third kappa shape index (κ3) is 1.98. The number of hydrogen-bond acceptors (Lipinski definition) is 4. The molecule has 0 saturated carbocycles. The molecular weight excluding hydrogens is 174 g/mol. The number of carbonyl (C=O) groups excluding carboxylic acids is 2. The lowest BCUT2D eigenvalue weighted by molar-refractivity contribution is -0.310. The number of β-amino-alcohol motifs (C(OH)–C–C–N with tert-alkyl or cyclic N) is 1.